The van der Waals surface area contributed by atoms with Gasteiger partial charge in [0.05, 0.1) is 28.3 Å². The predicted octanol–water partition coefficient (Wildman–Crippen LogP) is 3.22. The molecule has 2 atom stereocenters. The lowest BCUT2D eigenvalue weighted by molar-refractivity contribution is -0.121. The van der Waals surface area contributed by atoms with Gasteiger partial charge in [0.15, 0.2) is 0 Å². The number of likely N-dealkylation sites (tertiary alicyclic amines) is 2. The Labute approximate surface area is 207 Å². The number of carbonyl (C=O) groups excluding carboxylic acids is 1. The maximum atomic E-state index is 12.1. The van der Waals surface area contributed by atoms with E-state index in [9.17, 15) is 9.59 Å². The Hall–Kier alpha value is -3.10. The van der Waals surface area contributed by atoms with Gasteiger partial charge in [0.1, 0.15) is 0 Å². The van der Waals surface area contributed by atoms with Gasteiger partial charge < -0.3 is 25.8 Å². The number of hydrogen-bond donors (Lipinski definition) is 3. The number of nitrogens with zero attached hydrogens (tertiary/aromatic N) is 3. The molecule has 0 spiro atoms. The van der Waals surface area contributed by atoms with Gasteiger partial charge >= 0.3 is 5.69 Å². The highest BCUT2D eigenvalue weighted by Gasteiger charge is 2.24. The van der Waals surface area contributed by atoms with E-state index in [0.29, 0.717) is 17.3 Å². The van der Waals surface area contributed by atoms with Crippen molar-refractivity contribution in [3.8, 4) is 0 Å². The Morgan fingerprint density at radius 3 is 2.43 bits per heavy atom. The molecule has 188 valence electrons. The summed E-state index contributed by atoms with van der Waals surface area (Å²) in [6.07, 6.45) is 4.50. The number of nitrogens with two attached hydrogens (primary N) is 1. The molecule has 5 rings (SSSR count). The number of imidazole rings is 1. The van der Waals surface area contributed by atoms with Crippen molar-refractivity contribution in [2.24, 2.45) is 11.8 Å². The van der Waals surface area contributed by atoms with Gasteiger partial charge in [-0.05, 0) is 83.1 Å². The number of anilines is 2. The van der Waals surface area contributed by atoms with E-state index in [-0.39, 0.29) is 17.5 Å². The summed E-state index contributed by atoms with van der Waals surface area (Å²) in [5, 5.41) is 2.91. The van der Waals surface area contributed by atoms with Gasteiger partial charge in [-0.25, -0.2) is 4.79 Å². The zero-order valence-corrected chi connectivity index (χ0v) is 20.9. The number of piperidine rings is 2. The first-order valence-corrected chi connectivity index (χ1v) is 12.6. The molecule has 0 bridgehead atoms. The molecule has 4 N–H and O–H groups in total. The summed E-state index contributed by atoms with van der Waals surface area (Å²) in [6, 6.07) is 15.3. The molecule has 3 heterocycles. The molecule has 2 fully saturated rings. The van der Waals surface area contributed by atoms with Crippen LogP contribution in [0.5, 0.6) is 0 Å². The van der Waals surface area contributed by atoms with Crippen molar-refractivity contribution >= 4 is 28.3 Å². The quantitative estimate of drug-likeness (QED) is 0.500. The highest BCUT2D eigenvalue weighted by molar-refractivity contribution is 5.95. The second-order valence-electron chi connectivity index (χ2n) is 10.0. The molecule has 2 aliphatic rings. The summed E-state index contributed by atoms with van der Waals surface area (Å²) >= 11 is 0. The van der Waals surface area contributed by atoms with Gasteiger partial charge in [-0.15, -0.1) is 0 Å². The molecule has 3 aromatic rings. The van der Waals surface area contributed by atoms with Crippen molar-refractivity contribution in [3.63, 3.8) is 0 Å². The number of H-pyrrole nitrogens is 1. The number of nitrogen functional groups attached to an aromatic ring is 1. The summed E-state index contributed by atoms with van der Waals surface area (Å²) in [7, 11) is 4.21. The normalized spacial score (nSPS) is 21.3. The molecule has 2 aliphatic heterocycles. The lowest BCUT2D eigenvalue weighted by atomic mass is 9.97. The smallest absolute Gasteiger partial charge is 0.326 e. The van der Waals surface area contributed by atoms with Crippen LogP contribution in [0.3, 0.4) is 0 Å². The van der Waals surface area contributed by atoms with Crippen LogP contribution in [-0.2, 0) is 11.3 Å². The molecule has 0 saturated carbocycles. The van der Waals surface area contributed by atoms with Crippen molar-refractivity contribution in [1.29, 1.82) is 0 Å². The fourth-order valence-electron chi connectivity index (χ4n) is 5.19. The number of rotatable bonds is 4. The van der Waals surface area contributed by atoms with E-state index in [1.807, 2.05) is 47.0 Å². The van der Waals surface area contributed by atoms with Crippen molar-refractivity contribution in [3.05, 3.63) is 59.0 Å². The minimum Gasteiger partial charge on any atom is -0.397 e. The van der Waals surface area contributed by atoms with Crippen molar-refractivity contribution < 1.29 is 4.79 Å². The zero-order valence-electron chi connectivity index (χ0n) is 20.9. The Bertz CT molecular complexity index is 1190. The molecule has 2 saturated heterocycles. The second kappa shape index (κ2) is 11.6. The van der Waals surface area contributed by atoms with Crippen LogP contribution in [0.15, 0.2) is 53.3 Å². The second-order valence-corrected chi connectivity index (χ2v) is 10.0. The van der Waals surface area contributed by atoms with Crippen molar-refractivity contribution in [2.75, 3.05) is 51.3 Å². The Morgan fingerprint density at radius 2 is 1.69 bits per heavy atom. The van der Waals surface area contributed by atoms with Crippen LogP contribution in [0.25, 0.3) is 11.0 Å². The monoisotopic (exact) mass is 478 g/mol. The molecule has 2 aromatic carbocycles. The van der Waals surface area contributed by atoms with E-state index in [4.69, 9.17) is 5.73 Å². The number of amides is 1. The Morgan fingerprint density at radius 1 is 1.00 bits per heavy atom. The molecule has 1 amide bonds. The summed E-state index contributed by atoms with van der Waals surface area (Å²) < 4.78 is 1.89. The van der Waals surface area contributed by atoms with Crippen LogP contribution in [0.4, 0.5) is 11.4 Å². The van der Waals surface area contributed by atoms with E-state index in [1.54, 1.807) is 6.07 Å². The van der Waals surface area contributed by atoms with E-state index in [0.717, 1.165) is 50.1 Å². The number of fused-ring (bicyclic) bond motifs is 1. The number of nitrogens with one attached hydrogen (secondary N) is 2. The number of para-hydroxylation sites is 4. The van der Waals surface area contributed by atoms with Crippen LogP contribution >= 0.6 is 0 Å². The zero-order chi connectivity index (χ0) is 24.8. The van der Waals surface area contributed by atoms with Gasteiger partial charge in [-0.1, -0.05) is 24.3 Å². The first-order chi connectivity index (χ1) is 16.9. The van der Waals surface area contributed by atoms with Crippen molar-refractivity contribution in [1.82, 2.24) is 19.4 Å². The third-order valence-corrected chi connectivity index (χ3v) is 7.06. The van der Waals surface area contributed by atoms with Crippen LogP contribution in [-0.4, -0.2) is 65.5 Å². The molecule has 1 aromatic heterocycles. The molecule has 35 heavy (non-hydrogen) atoms. The fourth-order valence-corrected chi connectivity index (χ4v) is 5.19. The van der Waals surface area contributed by atoms with Gasteiger partial charge in [0.2, 0.25) is 5.91 Å². The summed E-state index contributed by atoms with van der Waals surface area (Å²) in [5.41, 5.74) is 9.11. The van der Waals surface area contributed by atoms with Crippen LogP contribution < -0.4 is 16.7 Å². The minimum atomic E-state index is 0.0180. The number of hydrogen-bond acceptors (Lipinski definition) is 5. The fraction of sp³-hybridized carbons (Fsp3) is 0.481. The SMILES string of the molecule is CN1CCCC(C(=O)Nc2ccccc2N)C1.CN1CCCC(Cn2c(=O)[nH]c3ccccc32)C1. The maximum Gasteiger partial charge on any atom is 0.326 e. The van der Waals surface area contributed by atoms with Crippen molar-refractivity contribution in [2.45, 2.75) is 32.2 Å². The van der Waals surface area contributed by atoms with E-state index in [1.165, 1.54) is 19.4 Å². The summed E-state index contributed by atoms with van der Waals surface area (Å²) in [5.74, 6) is 0.739. The largest absolute Gasteiger partial charge is 0.397 e. The average Bonchev–Trinajstić information content (AvgIpc) is 3.16. The summed E-state index contributed by atoms with van der Waals surface area (Å²) in [4.78, 5) is 31.5. The average molecular weight is 479 g/mol. The first-order valence-electron chi connectivity index (χ1n) is 12.6. The minimum absolute atomic E-state index is 0.0180. The third kappa shape index (κ3) is 6.52. The lowest BCUT2D eigenvalue weighted by Crippen LogP contribution is -2.38. The first kappa shape index (κ1) is 25.0. The van der Waals surface area contributed by atoms with E-state index < -0.39 is 0 Å². The number of aromatic nitrogens is 2. The molecule has 8 heteroatoms. The van der Waals surface area contributed by atoms with Crippen LogP contribution in [0.2, 0.25) is 0 Å². The Kier molecular flexibility index (Phi) is 8.25. The van der Waals surface area contributed by atoms with Gasteiger partial charge in [-0.3, -0.25) is 9.36 Å². The number of benzene rings is 2. The molecule has 2 unspecified atom stereocenters. The summed E-state index contributed by atoms with van der Waals surface area (Å²) in [6.45, 7) is 5.01. The highest BCUT2D eigenvalue weighted by atomic mass is 16.2. The van der Waals surface area contributed by atoms with Gasteiger partial charge in [0, 0.05) is 19.6 Å². The van der Waals surface area contributed by atoms with E-state index >= 15 is 0 Å². The highest BCUT2D eigenvalue weighted by Crippen LogP contribution is 2.21. The van der Waals surface area contributed by atoms with Crippen LogP contribution in [0.1, 0.15) is 25.7 Å². The standard InChI is InChI=1S/C14H19N3O.C13H19N3O/c1-16-8-4-5-11(9-16)10-17-13-7-3-2-6-12(13)15-14(17)18;1-16-8-4-5-10(9-16)13(17)15-12-7-3-2-6-11(12)14/h2-3,6-7,11H,4-5,8-10H2,1H3,(H,15,18);2-3,6-7,10H,4-5,8-9,14H2,1H3,(H,15,17). The molecule has 0 radical (unpaired) electrons. The molecular weight excluding hydrogens is 440 g/mol. The van der Waals surface area contributed by atoms with Gasteiger partial charge in [0.25, 0.3) is 0 Å². The van der Waals surface area contributed by atoms with E-state index in [2.05, 4.69) is 34.2 Å². The molecule has 8 nitrogen and oxygen atoms in total. The lowest BCUT2D eigenvalue weighted by Gasteiger charge is -2.29. The van der Waals surface area contributed by atoms with Crippen LogP contribution in [0, 0.1) is 11.8 Å². The topological polar surface area (TPSA) is 99.4 Å². The molecular formula is C27H38N6O2. The van der Waals surface area contributed by atoms with Gasteiger partial charge in [-0.2, -0.15) is 0 Å². The number of aromatic amines is 1. The Balaban J connectivity index is 0.000000165. The number of carbonyl (C=O) groups is 1. The maximum absolute atomic E-state index is 12.1. The predicted molar refractivity (Wildman–Crippen MR) is 142 cm³/mol. The molecule has 0 aliphatic carbocycles. The third-order valence-electron chi connectivity index (χ3n) is 7.06.